The van der Waals surface area contributed by atoms with Gasteiger partial charge in [0.05, 0.1) is 23.9 Å². The first-order chi connectivity index (χ1) is 12.6. The molecule has 1 aliphatic rings. The number of aliphatic hydroxyl groups is 5. The first kappa shape index (κ1) is 25.4. The van der Waals surface area contributed by atoms with Crippen molar-refractivity contribution >= 4 is 10.4 Å². The first-order valence-electron chi connectivity index (χ1n) is 8.63. The molecule has 1 heterocycles. The molecule has 1 rings (SSSR count). The Bertz CT molecular complexity index is 617. The van der Waals surface area contributed by atoms with Crippen molar-refractivity contribution in [3.05, 3.63) is 12.7 Å². The molecule has 0 spiro atoms. The SMILES string of the molecule is C=CC(C)(CCC(O)C(C)(C)O)OC1OC(CO)C(O)C(OS(=O)(=O)O)C1O. The average Bonchev–Trinajstić information content (AvgIpc) is 2.57. The molecular formula is C16H30O11S. The maximum atomic E-state index is 11.0. The Morgan fingerprint density at radius 1 is 1.25 bits per heavy atom. The van der Waals surface area contributed by atoms with Crippen molar-refractivity contribution in [1.29, 1.82) is 0 Å². The third kappa shape index (κ3) is 6.99. The minimum atomic E-state index is -5.03. The lowest BCUT2D eigenvalue weighted by Gasteiger charge is -2.43. The summed E-state index contributed by atoms with van der Waals surface area (Å²) < 4.78 is 46.1. The van der Waals surface area contributed by atoms with Crippen molar-refractivity contribution in [3.63, 3.8) is 0 Å². The average molecular weight is 430 g/mol. The maximum Gasteiger partial charge on any atom is 0.397 e. The van der Waals surface area contributed by atoms with Gasteiger partial charge in [0.15, 0.2) is 6.29 Å². The normalized spacial score (nSPS) is 32.5. The van der Waals surface area contributed by atoms with Crippen LogP contribution in [0.15, 0.2) is 12.7 Å². The zero-order valence-electron chi connectivity index (χ0n) is 16.0. The Kier molecular flexibility index (Phi) is 8.54. The fraction of sp³-hybridized carbons (Fsp3) is 0.875. The van der Waals surface area contributed by atoms with Crippen LogP contribution in [0.5, 0.6) is 0 Å². The van der Waals surface area contributed by atoms with Gasteiger partial charge in [-0.3, -0.25) is 4.55 Å². The highest BCUT2D eigenvalue weighted by Gasteiger charge is 2.49. The summed E-state index contributed by atoms with van der Waals surface area (Å²) in [5.41, 5.74) is -2.56. The van der Waals surface area contributed by atoms with E-state index in [9.17, 15) is 34.0 Å². The van der Waals surface area contributed by atoms with E-state index in [1.165, 1.54) is 19.9 Å². The second kappa shape index (κ2) is 9.43. The third-order valence-corrected chi connectivity index (χ3v) is 5.07. The topological polar surface area (TPSA) is 183 Å². The standard InChI is InChI=1S/C16H30O11S/c1-5-16(4,7-6-10(18)15(2,3)21)26-14-12(20)13(27-28(22,23)24)11(19)9(8-17)25-14/h5,9-14,17-21H,1,6-8H2,2-4H3,(H,22,23,24). The molecule has 7 atom stereocenters. The Labute approximate surface area is 164 Å². The molecule has 28 heavy (non-hydrogen) atoms. The Morgan fingerprint density at radius 2 is 1.82 bits per heavy atom. The molecule has 0 aromatic rings. The van der Waals surface area contributed by atoms with Crippen molar-refractivity contribution in [2.24, 2.45) is 0 Å². The van der Waals surface area contributed by atoms with E-state index in [-0.39, 0.29) is 12.8 Å². The molecule has 1 fully saturated rings. The highest BCUT2D eigenvalue weighted by Crippen LogP contribution is 2.31. The van der Waals surface area contributed by atoms with Crippen molar-refractivity contribution in [2.45, 2.75) is 81.6 Å². The first-order valence-corrected chi connectivity index (χ1v) is 10.00. The predicted octanol–water partition coefficient (Wildman–Crippen LogP) is -1.51. The van der Waals surface area contributed by atoms with Crippen molar-refractivity contribution in [2.75, 3.05) is 6.61 Å². The summed E-state index contributed by atoms with van der Waals surface area (Å²) in [6.45, 7) is 7.29. The highest BCUT2D eigenvalue weighted by atomic mass is 32.3. The lowest BCUT2D eigenvalue weighted by atomic mass is 9.91. The highest BCUT2D eigenvalue weighted by molar-refractivity contribution is 7.80. The smallest absolute Gasteiger partial charge is 0.394 e. The summed E-state index contributed by atoms with van der Waals surface area (Å²) >= 11 is 0. The van der Waals surface area contributed by atoms with Crippen LogP contribution >= 0.6 is 0 Å². The van der Waals surface area contributed by atoms with Crippen LogP contribution in [0.2, 0.25) is 0 Å². The summed E-state index contributed by atoms with van der Waals surface area (Å²) in [6, 6.07) is 0. The lowest BCUT2D eigenvalue weighted by molar-refractivity contribution is -0.316. The molecular weight excluding hydrogens is 400 g/mol. The van der Waals surface area contributed by atoms with Gasteiger partial charge in [0, 0.05) is 0 Å². The van der Waals surface area contributed by atoms with Gasteiger partial charge >= 0.3 is 10.4 Å². The molecule has 166 valence electrons. The van der Waals surface area contributed by atoms with Gasteiger partial charge in [-0.15, -0.1) is 6.58 Å². The fourth-order valence-electron chi connectivity index (χ4n) is 2.66. The minimum Gasteiger partial charge on any atom is -0.394 e. The third-order valence-electron chi connectivity index (χ3n) is 4.60. The second-order valence-corrected chi connectivity index (χ2v) is 8.59. The van der Waals surface area contributed by atoms with Crippen LogP contribution in [0.25, 0.3) is 0 Å². The molecule has 1 saturated heterocycles. The van der Waals surface area contributed by atoms with Gasteiger partial charge in [-0.2, -0.15) is 8.42 Å². The number of hydrogen-bond acceptors (Lipinski definition) is 10. The van der Waals surface area contributed by atoms with E-state index in [1.54, 1.807) is 6.92 Å². The van der Waals surface area contributed by atoms with Crippen molar-refractivity contribution in [3.8, 4) is 0 Å². The largest absolute Gasteiger partial charge is 0.397 e. The zero-order chi connectivity index (χ0) is 21.9. The van der Waals surface area contributed by atoms with Crippen LogP contribution in [0.3, 0.4) is 0 Å². The number of rotatable bonds is 10. The van der Waals surface area contributed by atoms with Crippen LogP contribution in [0.1, 0.15) is 33.6 Å². The number of ether oxygens (including phenoxy) is 2. The quantitative estimate of drug-likeness (QED) is 0.175. The van der Waals surface area contributed by atoms with E-state index >= 15 is 0 Å². The fourth-order valence-corrected chi connectivity index (χ4v) is 3.16. The summed E-state index contributed by atoms with van der Waals surface area (Å²) in [5, 5.41) is 49.5. The van der Waals surface area contributed by atoms with E-state index in [0.29, 0.717) is 0 Å². The van der Waals surface area contributed by atoms with Gasteiger partial charge in [0.1, 0.15) is 24.4 Å². The van der Waals surface area contributed by atoms with Gasteiger partial charge in [0.2, 0.25) is 0 Å². The molecule has 0 radical (unpaired) electrons. The van der Waals surface area contributed by atoms with Crippen molar-refractivity contribution < 1.29 is 52.2 Å². The number of hydrogen-bond donors (Lipinski definition) is 6. The van der Waals surface area contributed by atoms with Gasteiger partial charge < -0.3 is 35.0 Å². The summed E-state index contributed by atoms with van der Waals surface area (Å²) in [5.74, 6) is 0. The molecule has 0 amide bonds. The maximum absolute atomic E-state index is 11.0. The van der Waals surface area contributed by atoms with Crippen molar-refractivity contribution in [1.82, 2.24) is 0 Å². The zero-order valence-corrected chi connectivity index (χ0v) is 16.8. The minimum absolute atomic E-state index is 0.0891. The Morgan fingerprint density at radius 3 is 2.25 bits per heavy atom. The molecule has 0 saturated carbocycles. The van der Waals surface area contributed by atoms with E-state index in [1.807, 2.05) is 0 Å². The monoisotopic (exact) mass is 430 g/mol. The predicted molar refractivity (Wildman–Crippen MR) is 95.4 cm³/mol. The van der Waals surface area contributed by atoms with Crippen LogP contribution in [-0.2, 0) is 24.1 Å². The van der Waals surface area contributed by atoms with E-state index in [2.05, 4.69) is 10.8 Å². The van der Waals surface area contributed by atoms with E-state index in [4.69, 9.17) is 14.0 Å². The van der Waals surface area contributed by atoms with Crippen LogP contribution < -0.4 is 0 Å². The number of aliphatic hydroxyl groups excluding tert-OH is 4. The van der Waals surface area contributed by atoms with E-state index < -0.39 is 65.0 Å². The summed E-state index contributed by atoms with van der Waals surface area (Å²) in [7, 11) is -5.03. The molecule has 0 aliphatic carbocycles. The van der Waals surface area contributed by atoms with Gasteiger partial charge in [-0.05, 0) is 33.6 Å². The second-order valence-electron chi connectivity index (χ2n) is 7.54. The van der Waals surface area contributed by atoms with Gasteiger partial charge in [0.25, 0.3) is 0 Å². The lowest BCUT2D eigenvalue weighted by Crippen LogP contribution is -2.61. The molecule has 6 N–H and O–H groups in total. The van der Waals surface area contributed by atoms with Crippen LogP contribution in [-0.4, -0.2) is 93.1 Å². The Balaban J connectivity index is 2.97. The van der Waals surface area contributed by atoms with Crippen LogP contribution in [0.4, 0.5) is 0 Å². The molecule has 0 aromatic carbocycles. The van der Waals surface area contributed by atoms with E-state index in [0.717, 1.165) is 0 Å². The van der Waals surface area contributed by atoms with Gasteiger partial charge in [-0.25, -0.2) is 4.18 Å². The molecule has 11 nitrogen and oxygen atoms in total. The van der Waals surface area contributed by atoms with Gasteiger partial charge in [-0.1, -0.05) is 6.08 Å². The Hall–Kier alpha value is -0.670. The summed E-state index contributed by atoms with van der Waals surface area (Å²) in [6.07, 6.45) is -7.91. The molecule has 1 aliphatic heterocycles. The van der Waals surface area contributed by atoms with Crippen LogP contribution in [0, 0.1) is 0 Å². The molecule has 0 bridgehead atoms. The molecule has 12 heteroatoms. The molecule has 0 aromatic heterocycles. The summed E-state index contributed by atoms with van der Waals surface area (Å²) in [4.78, 5) is 0. The molecule has 7 unspecified atom stereocenters.